The van der Waals surface area contributed by atoms with E-state index in [-0.39, 0.29) is 7.43 Å². The summed E-state index contributed by atoms with van der Waals surface area (Å²) in [6, 6.07) is 8.87. The third-order valence-electron chi connectivity index (χ3n) is 3.28. The minimum atomic E-state index is 0. The van der Waals surface area contributed by atoms with Crippen molar-refractivity contribution in [2.45, 2.75) is 41.0 Å². The van der Waals surface area contributed by atoms with E-state index < -0.39 is 0 Å². The van der Waals surface area contributed by atoms with E-state index in [4.69, 9.17) is 0 Å². The Morgan fingerprint density at radius 2 is 1.43 bits per heavy atom. The maximum atomic E-state index is 2.35. The van der Waals surface area contributed by atoms with Gasteiger partial charge in [-0.1, -0.05) is 52.5 Å². The minimum absolute atomic E-state index is 0. The van der Waals surface area contributed by atoms with Gasteiger partial charge in [-0.15, -0.1) is 0 Å². The molecule has 1 aliphatic rings. The lowest BCUT2D eigenvalue weighted by molar-refractivity contribution is 0.251. The molecule has 0 saturated carbocycles. The SMILES string of the molecule is C.CC(C)(C)C1Cc2ccccc2C1. The highest BCUT2D eigenvalue weighted by Gasteiger charge is 2.30. The summed E-state index contributed by atoms with van der Waals surface area (Å²) in [6.07, 6.45) is 2.55. The molecule has 0 amide bonds. The van der Waals surface area contributed by atoms with Gasteiger partial charge in [-0.05, 0) is 35.3 Å². The maximum Gasteiger partial charge on any atom is -0.0239 e. The van der Waals surface area contributed by atoms with Crippen LogP contribution in [0.2, 0.25) is 0 Å². The van der Waals surface area contributed by atoms with Crippen molar-refractivity contribution in [1.82, 2.24) is 0 Å². The fourth-order valence-electron chi connectivity index (χ4n) is 2.17. The molecule has 0 aliphatic heterocycles. The van der Waals surface area contributed by atoms with Gasteiger partial charge in [0.25, 0.3) is 0 Å². The average Bonchev–Trinajstić information content (AvgIpc) is 2.45. The van der Waals surface area contributed by atoms with Crippen LogP contribution in [-0.2, 0) is 12.8 Å². The van der Waals surface area contributed by atoms with Crippen molar-refractivity contribution in [3.05, 3.63) is 35.4 Å². The molecule has 0 heterocycles. The average molecular weight is 190 g/mol. The number of fused-ring (bicyclic) bond motifs is 1. The second-order valence-corrected chi connectivity index (χ2v) is 5.24. The largest absolute Gasteiger partial charge is 0.0776 e. The van der Waals surface area contributed by atoms with Gasteiger partial charge in [0, 0.05) is 0 Å². The molecule has 0 unspecified atom stereocenters. The van der Waals surface area contributed by atoms with Crippen molar-refractivity contribution in [3.63, 3.8) is 0 Å². The van der Waals surface area contributed by atoms with Gasteiger partial charge in [-0.3, -0.25) is 0 Å². The summed E-state index contributed by atoms with van der Waals surface area (Å²) in [4.78, 5) is 0. The summed E-state index contributed by atoms with van der Waals surface area (Å²) in [7, 11) is 0. The van der Waals surface area contributed by atoms with Gasteiger partial charge in [0.1, 0.15) is 0 Å². The Bertz CT molecular complexity index is 279. The predicted molar refractivity (Wildman–Crippen MR) is 63.5 cm³/mol. The van der Waals surface area contributed by atoms with Crippen LogP contribution >= 0.6 is 0 Å². The van der Waals surface area contributed by atoms with Crippen LogP contribution in [0, 0.1) is 11.3 Å². The second kappa shape index (κ2) is 3.76. The maximum absolute atomic E-state index is 2.35. The Balaban J connectivity index is 0.000000980. The minimum Gasteiger partial charge on any atom is -0.0776 e. The van der Waals surface area contributed by atoms with Gasteiger partial charge in [0.05, 0.1) is 0 Å². The molecule has 0 bridgehead atoms. The van der Waals surface area contributed by atoms with Gasteiger partial charge in [0.15, 0.2) is 0 Å². The molecule has 0 aromatic heterocycles. The Kier molecular flexibility index (Phi) is 3.04. The predicted octanol–water partition coefficient (Wildman–Crippen LogP) is 4.08. The molecule has 0 spiro atoms. The molecule has 1 aromatic carbocycles. The third-order valence-corrected chi connectivity index (χ3v) is 3.28. The highest BCUT2D eigenvalue weighted by atomic mass is 14.3. The standard InChI is InChI=1S/C13H18.CH4/c1-13(2,3)12-8-10-6-4-5-7-11(10)9-12;/h4-7,12H,8-9H2,1-3H3;1H4. The summed E-state index contributed by atoms with van der Waals surface area (Å²) < 4.78 is 0. The van der Waals surface area contributed by atoms with E-state index in [0.717, 1.165) is 5.92 Å². The smallest absolute Gasteiger partial charge is 0.0239 e. The zero-order valence-corrected chi connectivity index (χ0v) is 8.80. The van der Waals surface area contributed by atoms with Crippen molar-refractivity contribution in [2.24, 2.45) is 11.3 Å². The first-order chi connectivity index (χ1) is 6.07. The molecule has 0 radical (unpaired) electrons. The van der Waals surface area contributed by atoms with Crippen LogP contribution in [0.3, 0.4) is 0 Å². The molecule has 1 aliphatic carbocycles. The second-order valence-electron chi connectivity index (χ2n) is 5.24. The lowest BCUT2D eigenvalue weighted by Crippen LogP contribution is -2.20. The topological polar surface area (TPSA) is 0 Å². The van der Waals surface area contributed by atoms with E-state index in [2.05, 4.69) is 45.0 Å². The van der Waals surface area contributed by atoms with E-state index in [9.17, 15) is 0 Å². The van der Waals surface area contributed by atoms with Gasteiger partial charge in [-0.2, -0.15) is 0 Å². The van der Waals surface area contributed by atoms with Crippen LogP contribution in [0.5, 0.6) is 0 Å². The summed E-state index contributed by atoms with van der Waals surface area (Å²) >= 11 is 0. The first-order valence-electron chi connectivity index (χ1n) is 5.14. The lowest BCUT2D eigenvalue weighted by atomic mass is 9.79. The molecular formula is C14H22. The van der Waals surface area contributed by atoms with E-state index in [1.807, 2.05) is 0 Å². The van der Waals surface area contributed by atoms with Gasteiger partial charge < -0.3 is 0 Å². The summed E-state index contributed by atoms with van der Waals surface area (Å²) in [6.45, 7) is 7.05. The lowest BCUT2D eigenvalue weighted by Gasteiger charge is -2.26. The highest BCUT2D eigenvalue weighted by Crippen LogP contribution is 2.37. The molecule has 0 N–H and O–H groups in total. The highest BCUT2D eigenvalue weighted by molar-refractivity contribution is 5.32. The Labute approximate surface area is 88.4 Å². The molecule has 0 fully saturated rings. The Morgan fingerprint density at radius 3 is 1.79 bits per heavy atom. The summed E-state index contributed by atoms with van der Waals surface area (Å²) in [5, 5.41) is 0. The Morgan fingerprint density at radius 1 is 1.00 bits per heavy atom. The fourth-order valence-corrected chi connectivity index (χ4v) is 2.17. The van der Waals surface area contributed by atoms with Crippen molar-refractivity contribution >= 4 is 0 Å². The summed E-state index contributed by atoms with van der Waals surface area (Å²) in [5.41, 5.74) is 3.60. The molecule has 0 nitrogen and oxygen atoms in total. The van der Waals surface area contributed by atoms with Gasteiger partial charge in [0.2, 0.25) is 0 Å². The molecule has 78 valence electrons. The van der Waals surface area contributed by atoms with Crippen molar-refractivity contribution < 1.29 is 0 Å². The van der Waals surface area contributed by atoms with Crippen molar-refractivity contribution in [1.29, 1.82) is 0 Å². The van der Waals surface area contributed by atoms with Gasteiger partial charge in [-0.25, -0.2) is 0 Å². The quantitative estimate of drug-likeness (QED) is 0.578. The van der Waals surface area contributed by atoms with E-state index in [0.29, 0.717) is 5.41 Å². The Hall–Kier alpha value is -0.780. The third kappa shape index (κ3) is 2.00. The van der Waals surface area contributed by atoms with Gasteiger partial charge >= 0.3 is 0 Å². The van der Waals surface area contributed by atoms with Crippen LogP contribution in [-0.4, -0.2) is 0 Å². The number of hydrogen-bond acceptors (Lipinski definition) is 0. The first-order valence-corrected chi connectivity index (χ1v) is 5.14. The van der Waals surface area contributed by atoms with Crippen LogP contribution in [0.4, 0.5) is 0 Å². The van der Waals surface area contributed by atoms with Crippen molar-refractivity contribution in [3.8, 4) is 0 Å². The molecule has 0 saturated heterocycles. The van der Waals surface area contributed by atoms with Crippen LogP contribution in [0.15, 0.2) is 24.3 Å². The summed E-state index contributed by atoms with van der Waals surface area (Å²) in [5.74, 6) is 0.838. The number of hydrogen-bond donors (Lipinski definition) is 0. The van der Waals surface area contributed by atoms with Crippen LogP contribution in [0.25, 0.3) is 0 Å². The normalized spacial score (nSPS) is 16.2. The first kappa shape index (κ1) is 11.3. The number of rotatable bonds is 0. The van der Waals surface area contributed by atoms with Crippen LogP contribution in [0.1, 0.15) is 39.3 Å². The van der Waals surface area contributed by atoms with Crippen molar-refractivity contribution in [2.75, 3.05) is 0 Å². The fraction of sp³-hybridized carbons (Fsp3) is 0.571. The molecule has 0 atom stereocenters. The van der Waals surface area contributed by atoms with E-state index >= 15 is 0 Å². The molecular weight excluding hydrogens is 168 g/mol. The number of benzene rings is 1. The zero-order valence-electron chi connectivity index (χ0n) is 8.80. The zero-order chi connectivity index (χ0) is 9.47. The van der Waals surface area contributed by atoms with E-state index in [1.54, 1.807) is 11.1 Å². The molecule has 1 aromatic rings. The monoisotopic (exact) mass is 190 g/mol. The molecule has 2 rings (SSSR count). The van der Waals surface area contributed by atoms with Crippen LogP contribution < -0.4 is 0 Å². The molecule has 14 heavy (non-hydrogen) atoms. The molecule has 0 heteroatoms. The van der Waals surface area contributed by atoms with E-state index in [1.165, 1.54) is 12.8 Å².